The first-order valence-corrected chi connectivity index (χ1v) is 21.8. The molecular formula is C30H41F3N5O2PSSi-. The third-order valence-corrected chi connectivity index (χ3v) is 12.0. The standard InChI is InChI=1S/C30H41F3N5O2PSSi/c1-41(2,39)27-15-22-14-21(6-7-26(22)38(27)20-40-12-13-43(3,4)5)18-37-10-8-23(9-11-37)36-28-25-16-24(17-30(31,32)33)42-29(25)35-19-34-28/h6-7,14-16,19,23H,8-13,17-18,20H2,1-5H3,(H,34,35,36)/q-1. The van der Waals surface area contributed by atoms with Crippen LogP contribution in [0.4, 0.5) is 19.0 Å². The van der Waals surface area contributed by atoms with E-state index in [0.29, 0.717) is 29.4 Å². The van der Waals surface area contributed by atoms with E-state index in [9.17, 15) is 17.7 Å². The van der Waals surface area contributed by atoms with Crippen LogP contribution in [0.5, 0.6) is 0 Å². The molecule has 1 aliphatic heterocycles. The maximum Gasteiger partial charge on any atom is 0.393 e. The summed E-state index contributed by atoms with van der Waals surface area (Å²) in [5, 5.41) is 5.20. The van der Waals surface area contributed by atoms with Crippen molar-refractivity contribution >= 4 is 58.9 Å². The van der Waals surface area contributed by atoms with Crippen molar-refractivity contribution in [1.82, 2.24) is 19.4 Å². The maximum atomic E-state index is 13.2. The van der Waals surface area contributed by atoms with E-state index >= 15 is 0 Å². The van der Waals surface area contributed by atoms with Gasteiger partial charge in [0, 0.05) is 42.5 Å². The molecule has 1 N–H and O–H groups in total. The Hall–Kier alpha value is -2.24. The predicted octanol–water partition coefficient (Wildman–Crippen LogP) is 7.39. The van der Waals surface area contributed by atoms with Gasteiger partial charge in [-0.25, -0.2) is 9.97 Å². The van der Waals surface area contributed by atoms with Gasteiger partial charge in [0.25, 0.3) is 0 Å². The van der Waals surface area contributed by atoms with Crippen LogP contribution >= 0.6 is 18.5 Å². The van der Waals surface area contributed by atoms with E-state index in [4.69, 9.17) is 4.74 Å². The monoisotopic (exact) mass is 651 g/mol. The number of anilines is 1. The first-order chi connectivity index (χ1) is 20.1. The number of alkyl halides is 3. The minimum Gasteiger partial charge on any atom is -0.367 e. The Morgan fingerprint density at radius 1 is 1.12 bits per heavy atom. The van der Waals surface area contributed by atoms with Crippen molar-refractivity contribution in [2.75, 3.05) is 38.3 Å². The van der Waals surface area contributed by atoms with Crippen molar-refractivity contribution in [3.8, 4) is 0 Å². The molecule has 0 bridgehead atoms. The molecule has 0 aliphatic carbocycles. The molecule has 0 atom stereocenters. The summed E-state index contributed by atoms with van der Waals surface area (Å²) in [4.78, 5) is 11.8. The van der Waals surface area contributed by atoms with Crippen molar-refractivity contribution in [3.63, 3.8) is 0 Å². The fraction of sp³-hybridized carbons (Fsp3) is 0.533. The number of nitrogens with zero attached hydrogens (tertiary/aromatic N) is 4. The SMILES string of the molecule is C[Si-](C)(C)CCOCn1c(P(C)(C)=O)cc2cc(CN3CCC(Nc4ncnc5sc(CC(F)(F)F)cc45)CC3)ccc21. The smallest absolute Gasteiger partial charge is 0.367 e. The fourth-order valence-electron chi connectivity index (χ4n) is 5.51. The van der Waals surface area contributed by atoms with Gasteiger partial charge in [0.05, 0.1) is 22.8 Å². The van der Waals surface area contributed by atoms with Crippen molar-refractivity contribution < 1.29 is 22.5 Å². The van der Waals surface area contributed by atoms with Crippen molar-refractivity contribution in [2.45, 2.75) is 70.4 Å². The van der Waals surface area contributed by atoms with E-state index in [0.717, 1.165) is 66.2 Å². The number of rotatable bonds is 11. The average molecular weight is 652 g/mol. The van der Waals surface area contributed by atoms with Crippen LogP contribution < -0.4 is 10.8 Å². The van der Waals surface area contributed by atoms with E-state index in [1.54, 1.807) is 6.07 Å². The lowest BCUT2D eigenvalue weighted by Crippen LogP contribution is -2.38. The number of hydrogen-bond donors (Lipinski definition) is 1. The third-order valence-electron chi connectivity index (χ3n) is 7.80. The summed E-state index contributed by atoms with van der Waals surface area (Å²) >= 11 is 1.07. The van der Waals surface area contributed by atoms with Gasteiger partial charge in [-0.1, -0.05) is 6.07 Å². The molecule has 4 aromatic rings. The maximum absolute atomic E-state index is 13.2. The van der Waals surface area contributed by atoms with Crippen LogP contribution in [0.25, 0.3) is 21.1 Å². The lowest BCUT2D eigenvalue weighted by Gasteiger charge is -2.32. The highest BCUT2D eigenvalue weighted by atomic mass is 32.1. The molecule has 7 nitrogen and oxygen atoms in total. The quantitative estimate of drug-likeness (QED) is 0.104. The van der Waals surface area contributed by atoms with Gasteiger partial charge < -0.3 is 19.2 Å². The molecule has 0 spiro atoms. The van der Waals surface area contributed by atoms with Crippen molar-refractivity contribution in [2.24, 2.45) is 0 Å². The van der Waals surface area contributed by atoms with Crippen LogP contribution in [-0.4, -0.2) is 72.8 Å². The van der Waals surface area contributed by atoms with E-state index in [-0.39, 0.29) is 10.9 Å². The van der Waals surface area contributed by atoms with Crippen LogP contribution in [0.15, 0.2) is 36.7 Å². The minimum absolute atomic E-state index is 0.184. The van der Waals surface area contributed by atoms with Gasteiger partial charge >= 0.3 is 6.18 Å². The Labute approximate surface area is 256 Å². The molecule has 13 heteroatoms. The number of nitrogens with one attached hydrogen (secondary N) is 1. The number of halogens is 3. The summed E-state index contributed by atoms with van der Waals surface area (Å²) < 4.78 is 60.0. The highest BCUT2D eigenvalue weighted by Crippen LogP contribution is 2.37. The number of hydrogen-bond acceptors (Lipinski definition) is 7. The van der Waals surface area contributed by atoms with Gasteiger partial charge in [0.15, 0.2) is 0 Å². The van der Waals surface area contributed by atoms with Gasteiger partial charge in [0.2, 0.25) is 0 Å². The van der Waals surface area contributed by atoms with Gasteiger partial charge in [-0.05, 0) is 56.0 Å². The summed E-state index contributed by atoms with van der Waals surface area (Å²) in [6.45, 7) is 14.3. The highest BCUT2D eigenvalue weighted by Gasteiger charge is 2.29. The molecule has 1 saturated heterocycles. The summed E-state index contributed by atoms with van der Waals surface area (Å²) in [6.07, 6.45) is -1.99. The number of ether oxygens (including phenoxy) is 1. The first kappa shape index (κ1) is 32.2. The number of piperidine rings is 1. The van der Waals surface area contributed by atoms with E-state index in [1.165, 1.54) is 11.9 Å². The molecule has 1 aromatic carbocycles. The third kappa shape index (κ3) is 8.48. The Kier molecular flexibility index (Phi) is 9.45. The molecule has 4 heterocycles. The number of likely N-dealkylation sites (tertiary alicyclic amines) is 1. The molecule has 43 heavy (non-hydrogen) atoms. The van der Waals surface area contributed by atoms with E-state index < -0.39 is 27.8 Å². The summed E-state index contributed by atoms with van der Waals surface area (Å²) in [5.41, 5.74) is 3.09. The fourth-order valence-corrected chi connectivity index (χ4v) is 8.49. The van der Waals surface area contributed by atoms with Crippen LogP contribution in [-0.2, 0) is 29.0 Å². The summed E-state index contributed by atoms with van der Waals surface area (Å²) in [6, 6.07) is 11.4. The zero-order valence-corrected chi connectivity index (χ0v) is 28.2. The molecule has 3 aromatic heterocycles. The topological polar surface area (TPSA) is 72.3 Å². The Morgan fingerprint density at radius 2 is 1.86 bits per heavy atom. The molecule has 1 fully saturated rings. The molecule has 0 amide bonds. The average Bonchev–Trinajstić information content (AvgIpc) is 3.47. The van der Waals surface area contributed by atoms with Gasteiger partial charge in [-0.3, -0.25) is 4.90 Å². The van der Waals surface area contributed by atoms with Crippen LogP contribution in [0.1, 0.15) is 23.3 Å². The molecule has 5 rings (SSSR count). The Bertz CT molecular complexity index is 1620. The summed E-state index contributed by atoms with van der Waals surface area (Å²) in [7, 11) is -3.69. The van der Waals surface area contributed by atoms with Crippen molar-refractivity contribution in [1.29, 1.82) is 0 Å². The molecule has 0 radical (unpaired) electrons. The molecule has 0 unspecified atom stereocenters. The van der Waals surface area contributed by atoms with Crippen LogP contribution in [0.3, 0.4) is 0 Å². The second-order valence-corrected chi connectivity index (χ2v) is 23.1. The van der Waals surface area contributed by atoms with Gasteiger partial charge in [0.1, 0.15) is 30.8 Å². The normalized spacial score (nSPS) is 16.0. The second kappa shape index (κ2) is 12.6. The molecule has 235 valence electrons. The molecular weight excluding hydrogens is 610 g/mol. The van der Waals surface area contributed by atoms with E-state index in [1.807, 2.05) is 13.3 Å². The number of benzene rings is 1. The second-order valence-electron chi connectivity index (χ2n) is 13.2. The zero-order valence-electron chi connectivity index (χ0n) is 25.5. The lowest BCUT2D eigenvalue weighted by atomic mass is 10.0. The Balaban J connectivity index is 1.21. The first-order valence-electron chi connectivity index (χ1n) is 14.7. The predicted molar refractivity (Wildman–Crippen MR) is 174 cm³/mol. The summed E-state index contributed by atoms with van der Waals surface area (Å²) in [5.74, 6) is 0.604. The molecule has 1 aliphatic rings. The highest BCUT2D eigenvalue weighted by molar-refractivity contribution is 7.70. The van der Waals surface area contributed by atoms with Gasteiger partial charge in [-0.15, -0.1) is 25.5 Å². The van der Waals surface area contributed by atoms with E-state index in [2.05, 4.69) is 68.7 Å². The number of fused-ring (bicyclic) bond motifs is 2. The van der Waals surface area contributed by atoms with Crippen LogP contribution in [0, 0.1) is 0 Å². The largest absolute Gasteiger partial charge is 0.393 e. The molecule has 0 saturated carbocycles. The number of thiophene rings is 1. The lowest BCUT2D eigenvalue weighted by molar-refractivity contribution is -0.126. The zero-order chi connectivity index (χ0) is 31.0. The minimum atomic E-state index is -4.25. The van der Waals surface area contributed by atoms with Gasteiger partial charge in [-0.2, -0.15) is 32.8 Å². The van der Waals surface area contributed by atoms with Crippen LogP contribution in [0.2, 0.25) is 25.7 Å². The Morgan fingerprint density at radius 3 is 2.53 bits per heavy atom. The number of aromatic nitrogens is 3. The van der Waals surface area contributed by atoms with Crippen molar-refractivity contribution in [3.05, 3.63) is 47.1 Å².